The summed E-state index contributed by atoms with van der Waals surface area (Å²) in [6.07, 6.45) is 0.568. The number of methoxy groups -OCH3 is 3. The van der Waals surface area contributed by atoms with Crippen molar-refractivity contribution >= 4 is 16.8 Å². The molecular formula is C24H29N3O5. The number of ether oxygens (including phenoxy) is 3. The average molecular weight is 440 g/mol. The first-order valence-corrected chi connectivity index (χ1v) is 10.4. The fourth-order valence-corrected chi connectivity index (χ4v) is 3.77. The number of nitrogens with zero attached hydrogens (tertiary/aromatic N) is 3. The summed E-state index contributed by atoms with van der Waals surface area (Å²) in [6, 6.07) is 11.9. The molecule has 0 fully saturated rings. The predicted octanol–water partition coefficient (Wildman–Crippen LogP) is 3.28. The molecular weight excluding hydrogens is 410 g/mol. The van der Waals surface area contributed by atoms with Crippen LogP contribution in [0.4, 0.5) is 0 Å². The lowest BCUT2D eigenvalue weighted by Crippen LogP contribution is -2.37. The Morgan fingerprint density at radius 1 is 1.12 bits per heavy atom. The Hall–Kier alpha value is -3.39. The third-order valence-electron chi connectivity index (χ3n) is 5.52. The lowest BCUT2D eigenvalue weighted by molar-refractivity contribution is 0.0709. The number of aromatic nitrogens is 2. The molecule has 0 spiro atoms. The van der Waals surface area contributed by atoms with E-state index in [1.165, 1.54) is 7.11 Å². The second-order valence-electron chi connectivity index (χ2n) is 7.34. The van der Waals surface area contributed by atoms with Gasteiger partial charge in [0.15, 0.2) is 0 Å². The Balaban J connectivity index is 2.09. The molecule has 1 heterocycles. The van der Waals surface area contributed by atoms with Gasteiger partial charge in [0, 0.05) is 20.2 Å². The second kappa shape index (κ2) is 10.3. The van der Waals surface area contributed by atoms with E-state index < -0.39 is 6.04 Å². The van der Waals surface area contributed by atoms with Gasteiger partial charge in [-0.2, -0.15) is 0 Å². The summed E-state index contributed by atoms with van der Waals surface area (Å²) in [7, 11) is 6.36. The maximum atomic E-state index is 13.4. The zero-order valence-corrected chi connectivity index (χ0v) is 19.1. The van der Waals surface area contributed by atoms with Crippen LogP contribution in [0.2, 0.25) is 0 Å². The molecule has 170 valence electrons. The van der Waals surface area contributed by atoms with Crippen molar-refractivity contribution in [1.29, 1.82) is 0 Å². The summed E-state index contributed by atoms with van der Waals surface area (Å²) in [6.45, 7) is 2.65. The number of amides is 1. The lowest BCUT2D eigenvalue weighted by atomic mass is 10.1. The van der Waals surface area contributed by atoms with Gasteiger partial charge in [0.05, 0.1) is 49.9 Å². The molecule has 8 nitrogen and oxygen atoms in total. The number of hydrogen-bond acceptors (Lipinski definition) is 6. The number of carbonyl (C=O) groups excluding carboxylic acids is 1. The molecule has 2 aromatic carbocycles. The Morgan fingerprint density at radius 2 is 1.88 bits per heavy atom. The summed E-state index contributed by atoms with van der Waals surface area (Å²) in [5.74, 6) is 1.30. The summed E-state index contributed by atoms with van der Waals surface area (Å²) in [5, 5.41) is 0.535. The molecule has 0 aliphatic heterocycles. The maximum absolute atomic E-state index is 13.4. The van der Waals surface area contributed by atoms with E-state index in [-0.39, 0.29) is 11.5 Å². The minimum atomic E-state index is -0.427. The van der Waals surface area contributed by atoms with Crippen molar-refractivity contribution in [1.82, 2.24) is 14.5 Å². The van der Waals surface area contributed by atoms with Crippen molar-refractivity contribution in [2.75, 3.05) is 35.0 Å². The monoisotopic (exact) mass is 439 g/mol. The first-order chi connectivity index (χ1) is 15.5. The van der Waals surface area contributed by atoms with E-state index in [9.17, 15) is 9.59 Å². The largest absolute Gasteiger partial charge is 0.497 e. The van der Waals surface area contributed by atoms with Gasteiger partial charge in [0.1, 0.15) is 17.3 Å². The van der Waals surface area contributed by atoms with Crippen LogP contribution in [0.15, 0.2) is 47.3 Å². The molecule has 1 unspecified atom stereocenters. The Morgan fingerprint density at radius 3 is 2.53 bits per heavy atom. The minimum absolute atomic E-state index is 0.149. The van der Waals surface area contributed by atoms with E-state index in [1.54, 1.807) is 55.0 Å². The van der Waals surface area contributed by atoms with E-state index in [0.717, 1.165) is 0 Å². The highest BCUT2D eigenvalue weighted by atomic mass is 16.5. The van der Waals surface area contributed by atoms with Crippen molar-refractivity contribution < 1.29 is 19.0 Å². The SMILES string of the molecule is CCC(c1nc2ccccc2c(=O)n1CCOC)N(C)C(=O)c1ccc(OC)cc1OC. The molecule has 0 N–H and O–H groups in total. The van der Waals surface area contributed by atoms with E-state index >= 15 is 0 Å². The fraction of sp³-hybridized carbons (Fsp3) is 0.375. The Labute approximate surface area is 187 Å². The molecule has 0 radical (unpaired) electrons. The molecule has 0 bridgehead atoms. The first kappa shape index (κ1) is 23.3. The molecule has 8 heteroatoms. The van der Waals surface area contributed by atoms with Gasteiger partial charge < -0.3 is 19.1 Å². The van der Waals surface area contributed by atoms with Crippen LogP contribution < -0.4 is 15.0 Å². The molecule has 0 aliphatic carbocycles. The van der Waals surface area contributed by atoms with Gasteiger partial charge in [-0.3, -0.25) is 14.2 Å². The third kappa shape index (κ3) is 4.45. The molecule has 3 rings (SSSR count). The van der Waals surface area contributed by atoms with Crippen LogP contribution in [-0.4, -0.2) is 55.3 Å². The van der Waals surface area contributed by atoms with Crippen LogP contribution in [0.1, 0.15) is 35.6 Å². The van der Waals surface area contributed by atoms with Gasteiger partial charge in [0.2, 0.25) is 0 Å². The quantitative estimate of drug-likeness (QED) is 0.509. The van der Waals surface area contributed by atoms with Crippen LogP contribution in [0, 0.1) is 0 Å². The maximum Gasteiger partial charge on any atom is 0.261 e. The summed E-state index contributed by atoms with van der Waals surface area (Å²) in [4.78, 5) is 33.1. The summed E-state index contributed by atoms with van der Waals surface area (Å²) < 4.78 is 17.5. The number of fused-ring (bicyclic) bond motifs is 1. The number of hydrogen-bond donors (Lipinski definition) is 0. The number of benzene rings is 2. The van der Waals surface area contributed by atoms with Crippen molar-refractivity contribution in [3.8, 4) is 11.5 Å². The van der Waals surface area contributed by atoms with Crippen LogP contribution in [0.5, 0.6) is 11.5 Å². The van der Waals surface area contributed by atoms with Crippen LogP contribution in [0.3, 0.4) is 0 Å². The zero-order chi connectivity index (χ0) is 23.3. The van der Waals surface area contributed by atoms with Gasteiger partial charge >= 0.3 is 0 Å². The van der Waals surface area contributed by atoms with Crippen molar-refractivity contribution in [2.24, 2.45) is 0 Å². The summed E-state index contributed by atoms with van der Waals surface area (Å²) in [5.41, 5.74) is 0.854. The molecule has 3 aromatic rings. The zero-order valence-electron chi connectivity index (χ0n) is 19.1. The smallest absolute Gasteiger partial charge is 0.261 e. The standard InChI is InChI=1S/C24H29N3O5/c1-6-20(26(2)23(28)18-12-11-16(31-4)15-21(18)32-5)22-25-19-10-8-7-9-17(19)24(29)27(22)13-14-30-3/h7-12,15,20H,6,13-14H2,1-5H3. The van der Waals surface area contributed by atoms with Crippen molar-refractivity contribution in [3.63, 3.8) is 0 Å². The van der Waals surface area contributed by atoms with Crippen LogP contribution in [0.25, 0.3) is 10.9 Å². The molecule has 32 heavy (non-hydrogen) atoms. The molecule has 1 amide bonds. The van der Waals surface area contributed by atoms with Gasteiger partial charge in [-0.15, -0.1) is 0 Å². The topological polar surface area (TPSA) is 82.9 Å². The molecule has 0 saturated carbocycles. The molecule has 1 atom stereocenters. The number of carbonyl (C=O) groups is 1. The summed E-state index contributed by atoms with van der Waals surface area (Å²) >= 11 is 0. The van der Waals surface area contributed by atoms with E-state index in [2.05, 4.69) is 0 Å². The van der Waals surface area contributed by atoms with E-state index in [1.807, 2.05) is 25.1 Å². The van der Waals surface area contributed by atoms with Crippen molar-refractivity contribution in [2.45, 2.75) is 25.9 Å². The number of rotatable bonds is 9. The molecule has 0 saturated heterocycles. The van der Waals surface area contributed by atoms with Gasteiger partial charge in [0.25, 0.3) is 11.5 Å². The normalized spacial score (nSPS) is 11.9. The van der Waals surface area contributed by atoms with Gasteiger partial charge in [-0.05, 0) is 30.7 Å². The average Bonchev–Trinajstić information content (AvgIpc) is 2.83. The first-order valence-electron chi connectivity index (χ1n) is 10.4. The third-order valence-corrected chi connectivity index (χ3v) is 5.52. The van der Waals surface area contributed by atoms with E-state index in [4.69, 9.17) is 19.2 Å². The predicted molar refractivity (Wildman–Crippen MR) is 123 cm³/mol. The van der Waals surface area contributed by atoms with Crippen LogP contribution >= 0.6 is 0 Å². The highest BCUT2D eigenvalue weighted by Crippen LogP contribution is 2.29. The minimum Gasteiger partial charge on any atom is -0.497 e. The Bertz CT molecular complexity index is 1160. The lowest BCUT2D eigenvalue weighted by Gasteiger charge is -2.29. The van der Waals surface area contributed by atoms with Gasteiger partial charge in [-0.1, -0.05) is 19.1 Å². The molecule has 1 aromatic heterocycles. The fourth-order valence-electron chi connectivity index (χ4n) is 3.77. The van der Waals surface area contributed by atoms with E-state index in [0.29, 0.717) is 53.4 Å². The highest BCUT2D eigenvalue weighted by Gasteiger charge is 2.28. The van der Waals surface area contributed by atoms with Crippen molar-refractivity contribution in [3.05, 3.63) is 64.2 Å². The second-order valence-corrected chi connectivity index (χ2v) is 7.34. The highest BCUT2D eigenvalue weighted by molar-refractivity contribution is 5.97. The van der Waals surface area contributed by atoms with Gasteiger partial charge in [-0.25, -0.2) is 4.98 Å². The molecule has 0 aliphatic rings. The van der Waals surface area contributed by atoms with Crippen LogP contribution in [-0.2, 0) is 11.3 Å². The number of para-hydroxylation sites is 1. The Kier molecular flexibility index (Phi) is 7.48.